The van der Waals surface area contributed by atoms with E-state index in [9.17, 15) is 0 Å². The minimum Gasteiger partial charge on any atom is -0.256 e. The molecule has 3 rings (SSSR count). The Balaban J connectivity index is 2.09. The van der Waals surface area contributed by atoms with Gasteiger partial charge in [0.15, 0.2) is 0 Å². The second-order valence-corrected chi connectivity index (χ2v) is 11.3. The third-order valence-electron chi connectivity index (χ3n) is 4.64. The molecular formula is C18H23NSi. The van der Waals surface area contributed by atoms with E-state index in [4.69, 9.17) is 4.98 Å². The summed E-state index contributed by atoms with van der Waals surface area (Å²) in [5.41, 5.74) is 5.42. The van der Waals surface area contributed by atoms with Crippen LogP contribution >= 0.6 is 0 Å². The highest BCUT2D eigenvalue weighted by Crippen LogP contribution is 2.27. The smallest absolute Gasteiger partial charge is 0.0830 e. The third-order valence-corrected chi connectivity index (χ3v) is 8.15. The van der Waals surface area contributed by atoms with E-state index in [1.165, 1.54) is 30.0 Å². The topological polar surface area (TPSA) is 12.9 Å². The van der Waals surface area contributed by atoms with Crippen LogP contribution in [0.3, 0.4) is 0 Å². The van der Waals surface area contributed by atoms with Gasteiger partial charge in [-0.1, -0.05) is 56.7 Å². The molecule has 2 heteroatoms. The Morgan fingerprint density at radius 3 is 2.80 bits per heavy atom. The Bertz CT molecular complexity index is 631. The normalized spacial score (nSPS) is 16.8. The molecule has 0 N–H and O–H groups in total. The average molecular weight is 281 g/mol. The summed E-state index contributed by atoms with van der Waals surface area (Å²) in [6, 6.07) is 12.4. The number of benzene rings is 1. The monoisotopic (exact) mass is 281 g/mol. The molecule has 0 atom stereocenters. The van der Waals surface area contributed by atoms with Crippen molar-refractivity contribution in [1.29, 1.82) is 0 Å². The summed E-state index contributed by atoms with van der Waals surface area (Å²) >= 11 is 0. The number of rotatable bonds is 2. The maximum absolute atomic E-state index is 4.80. The molecule has 0 saturated heterocycles. The molecule has 1 aromatic heterocycles. The standard InChI is InChI=1S/C18H23NSi/c1-4-14-8-5-6-10-16(14)17-12-15-9-7-11-20(2,3)18(15)13-19-17/h5-6,8,10,12-13H,4,7,9,11H2,1-3H3. The molecule has 0 bridgehead atoms. The van der Waals surface area contributed by atoms with Gasteiger partial charge in [0.2, 0.25) is 0 Å². The van der Waals surface area contributed by atoms with Crippen LogP contribution in [-0.2, 0) is 12.8 Å². The van der Waals surface area contributed by atoms with Crippen LogP contribution in [0.15, 0.2) is 36.5 Å². The molecule has 1 aliphatic heterocycles. The predicted octanol–water partition coefficient (Wildman–Crippen LogP) is 4.17. The van der Waals surface area contributed by atoms with Crippen LogP contribution in [0, 0.1) is 0 Å². The first kappa shape index (κ1) is 13.6. The van der Waals surface area contributed by atoms with Gasteiger partial charge in [-0.15, -0.1) is 0 Å². The van der Waals surface area contributed by atoms with Crippen LogP contribution < -0.4 is 5.19 Å². The highest BCUT2D eigenvalue weighted by Gasteiger charge is 2.29. The molecule has 0 saturated carbocycles. The van der Waals surface area contributed by atoms with E-state index < -0.39 is 8.07 Å². The molecule has 1 aromatic carbocycles. The molecule has 1 nitrogen and oxygen atoms in total. The van der Waals surface area contributed by atoms with Crippen molar-refractivity contribution in [3.8, 4) is 11.3 Å². The highest BCUT2D eigenvalue weighted by molar-refractivity contribution is 6.90. The maximum atomic E-state index is 4.80. The van der Waals surface area contributed by atoms with Crippen molar-refractivity contribution < 1.29 is 0 Å². The van der Waals surface area contributed by atoms with E-state index in [0.717, 1.165) is 12.1 Å². The number of aryl methyl sites for hydroxylation is 2. The number of aromatic nitrogens is 1. The van der Waals surface area contributed by atoms with Gasteiger partial charge in [0.05, 0.1) is 13.8 Å². The fourth-order valence-electron chi connectivity index (χ4n) is 3.39. The summed E-state index contributed by atoms with van der Waals surface area (Å²) in [4.78, 5) is 4.80. The van der Waals surface area contributed by atoms with Crippen LogP contribution in [0.5, 0.6) is 0 Å². The quantitative estimate of drug-likeness (QED) is 0.753. The van der Waals surface area contributed by atoms with Crippen LogP contribution in [0.1, 0.15) is 24.5 Å². The van der Waals surface area contributed by atoms with E-state index in [0.29, 0.717) is 0 Å². The Kier molecular flexibility index (Phi) is 3.51. The minimum atomic E-state index is -1.22. The molecule has 0 amide bonds. The van der Waals surface area contributed by atoms with Crippen molar-refractivity contribution in [1.82, 2.24) is 4.98 Å². The maximum Gasteiger partial charge on any atom is 0.0830 e. The largest absolute Gasteiger partial charge is 0.256 e. The van der Waals surface area contributed by atoms with Crippen molar-refractivity contribution in [2.24, 2.45) is 0 Å². The molecule has 0 fully saturated rings. The average Bonchev–Trinajstić information content (AvgIpc) is 2.46. The first-order valence-corrected chi connectivity index (χ1v) is 10.9. The molecular weight excluding hydrogens is 258 g/mol. The van der Waals surface area contributed by atoms with Crippen molar-refractivity contribution >= 4 is 13.3 Å². The number of fused-ring (bicyclic) bond motifs is 1. The zero-order valence-electron chi connectivity index (χ0n) is 12.7. The fourth-order valence-corrected chi connectivity index (χ4v) is 6.21. The number of nitrogens with zero attached hydrogens (tertiary/aromatic N) is 1. The van der Waals surface area contributed by atoms with Gasteiger partial charge in [0, 0.05) is 11.8 Å². The molecule has 0 spiro atoms. The van der Waals surface area contributed by atoms with Gasteiger partial charge in [-0.05, 0) is 35.2 Å². The summed E-state index contributed by atoms with van der Waals surface area (Å²) in [6.07, 6.45) is 5.83. The Morgan fingerprint density at radius 2 is 2.00 bits per heavy atom. The van der Waals surface area contributed by atoms with E-state index >= 15 is 0 Å². The lowest BCUT2D eigenvalue weighted by molar-refractivity contribution is 0.886. The Hall–Kier alpha value is -1.41. The van der Waals surface area contributed by atoms with Gasteiger partial charge in [0.1, 0.15) is 0 Å². The first-order valence-electron chi connectivity index (χ1n) is 7.69. The molecule has 0 radical (unpaired) electrons. The third kappa shape index (κ3) is 2.33. The lowest BCUT2D eigenvalue weighted by Gasteiger charge is -2.30. The van der Waals surface area contributed by atoms with Gasteiger partial charge in [0.25, 0.3) is 0 Å². The summed E-state index contributed by atoms with van der Waals surface area (Å²) in [5, 5.41) is 1.58. The highest BCUT2D eigenvalue weighted by atomic mass is 28.3. The van der Waals surface area contributed by atoms with Crippen molar-refractivity contribution in [3.63, 3.8) is 0 Å². The van der Waals surface area contributed by atoms with E-state index in [1.54, 1.807) is 10.8 Å². The van der Waals surface area contributed by atoms with Crippen LogP contribution in [0.2, 0.25) is 19.1 Å². The lowest BCUT2D eigenvalue weighted by atomic mass is 10.00. The van der Waals surface area contributed by atoms with Gasteiger partial charge >= 0.3 is 0 Å². The molecule has 1 aliphatic rings. The fraction of sp³-hybridized carbons (Fsp3) is 0.389. The van der Waals surface area contributed by atoms with Gasteiger partial charge in [-0.2, -0.15) is 0 Å². The number of hydrogen-bond donors (Lipinski definition) is 0. The Morgan fingerprint density at radius 1 is 1.20 bits per heavy atom. The molecule has 20 heavy (non-hydrogen) atoms. The second kappa shape index (κ2) is 5.17. The van der Waals surface area contributed by atoms with E-state index in [1.807, 2.05) is 0 Å². The predicted molar refractivity (Wildman–Crippen MR) is 89.3 cm³/mol. The van der Waals surface area contributed by atoms with Gasteiger partial charge < -0.3 is 0 Å². The summed E-state index contributed by atoms with van der Waals surface area (Å²) in [5.74, 6) is 0. The van der Waals surface area contributed by atoms with Gasteiger partial charge in [-0.3, -0.25) is 4.98 Å². The van der Waals surface area contributed by atoms with E-state index in [-0.39, 0.29) is 0 Å². The number of pyridine rings is 1. The van der Waals surface area contributed by atoms with Crippen molar-refractivity contribution in [3.05, 3.63) is 47.7 Å². The lowest BCUT2D eigenvalue weighted by Crippen LogP contribution is -2.46. The summed E-state index contributed by atoms with van der Waals surface area (Å²) in [6.45, 7) is 7.17. The molecule has 0 aliphatic carbocycles. The van der Waals surface area contributed by atoms with Crippen molar-refractivity contribution in [2.45, 2.75) is 45.3 Å². The van der Waals surface area contributed by atoms with Crippen LogP contribution in [-0.4, -0.2) is 13.1 Å². The zero-order chi connectivity index (χ0) is 14.2. The van der Waals surface area contributed by atoms with Crippen LogP contribution in [0.25, 0.3) is 11.3 Å². The minimum absolute atomic E-state index is 1.06. The molecule has 104 valence electrons. The molecule has 2 aromatic rings. The first-order chi connectivity index (χ1) is 9.62. The van der Waals surface area contributed by atoms with Crippen molar-refractivity contribution in [2.75, 3.05) is 0 Å². The van der Waals surface area contributed by atoms with Crippen LogP contribution in [0.4, 0.5) is 0 Å². The zero-order valence-corrected chi connectivity index (χ0v) is 13.7. The SMILES string of the molecule is CCc1ccccc1-c1cc2c(cn1)[Si](C)(C)CCC2. The number of hydrogen-bond acceptors (Lipinski definition) is 1. The summed E-state index contributed by atoms with van der Waals surface area (Å²) in [7, 11) is -1.22. The molecule has 0 unspecified atom stereocenters. The molecule has 2 heterocycles. The second-order valence-electron chi connectivity index (χ2n) is 6.47. The summed E-state index contributed by atoms with van der Waals surface area (Å²) < 4.78 is 0. The van der Waals surface area contributed by atoms with Gasteiger partial charge in [-0.25, -0.2) is 0 Å². The Labute approximate surface area is 123 Å². The van der Waals surface area contributed by atoms with E-state index in [2.05, 4.69) is 56.5 Å².